The molecule has 0 bridgehead atoms. The van der Waals surface area contributed by atoms with Crippen LogP contribution in [0.4, 0.5) is 0 Å². The topological polar surface area (TPSA) is 46.3 Å². The van der Waals surface area contributed by atoms with Crippen molar-refractivity contribution in [2.24, 2.45) is 5.73 Å². The minimum atomic E-state index is -0.0731. The first-order valence-electron chi connectivity index (χ1n) is 4.57. The molecule has 1 aromatic heterocycles. The van der Waals surface area contributed by atoms with Crippen LogP contribution in [-0.2, 0) is 0 Å². The lowest BCUT2D eigenvalue weighted by molar-refractivity contribution is 0.0791. The standard InChI is InChI=1S/C9H10Cl2N2OS.ClH/c10-7-3-6(8(11)15-7)9(14)13-2-1-5(12)4-13;/h3,5H,1-2,4,12H2;1H/t5-;/m0./s1. The van der Waals surface area contributed by atoms with Crippen LogP contribution in [0.3, 0.4) is 0 Å². The highest BCUT2D eigenvalue weighted by atomic mass is 35.5. The SMILES string of the molecule is Cl.N[C@H]1CCN(C(=O)c2cc(Cl)sc2Cl)C1. The third kappa shape index (κ3) is 2.81. The first-order chi connectivity index (χ1) is 7.08. The number of amides is 1. The zero-order valence-electron chi connectivity index (χ0n) is 8.28. The second-order valence-corrected chi connectivity index (χ2v) is 5.82. The van der Waals surface area contributed by atoms with Gasteiger partial charge in [-0.25, -0.2) is 0 Å². The molecule has 2 rings (SSSR count). The fourth-order valence-electron chi connectivity index (χ4n) is 1.63. The van der Waals surface area contributed by atoms with Crippen molar-refractivity contribution in [3.63, 3.8) is 0 Å². The molecule has 2 N–H and O–H groups in total. The monoisotopic (exact) mass is 300 g/mol. The van der Waals surface area contributed by atoms with E-state index in [0.717, 1.165) is 6.42 Å². The highest BCUT2D eigenvalue weighted by Crippen LogP contribution is 2.32. The summed E-state index contributed by atoms with van der Waals surface area (Å²) in [6, 6.07) is 1.70. The zero-order chi connectivity index (χ0) is 11.0. The number of halogens is 3. The molecule has 16 heavy (non-hydrogen) atoms. The summed E-state index contributed by atoms with van der Waals surface area (Å²) in [5.74, 6) is -0.0731. The average Bonchev–Trinajstić information content (AvgIpc) is 2.71. The van der Waals surface area contributed by atoms with Gasteiger partial charge in [0.2, 0.25) is 0 Å². The minimum Gasteiger partial charge on any atom is -0.337 e. The first-order valence-corrected chi connectivity index (χ1v) is 6.15. The molecule has 0 unspecified atom stereocenters. The summed E-state index contributed by atoms with van der Waals surface area (Å²) < 4.78 is 0.984. The van der Waals surface area contributed by atoms with Gasteiger partial charge in [-0.3, -0.25) is 4.79 Å². The van der Waals surface area contributed by atoms with Gasteiger partial charge in [-0.2, -0.15) is 0 Å². The molecule has 1 aliphatic heterocycles. The van der Waals surface area contributed by atoms with Gasteiger partial charge in [0.05, 0.1) is 9.90 Å². The maximum absolute atomic E-state index is 12.0. The Morgan fingerprint density at radius 2 is 2.25 bits per heavy atom. The van der Waals surface area contributed by atoms with E-state index in [1.54, 1.807) is 11.0 Å². The van der Waals surface area contributed by atoms with Crippen LogP contribution in [0.5, 0.6) is 0 Å². The molecule has 0 saturated carbocycles. The van der Waals surface area contributed by atoms with Crippen molar-refractivity contribution in [1.82, 2.24) is 4.90 Å². The molecule has 1 amide bonds. The van der Waals surface area contributed by atoms with Crippen molar-refractivity contribution in [1.29, 1.82) is 0 Å². The van der Waals surface area contributed by atoms with E-state index in [9.17, 15) is 4.79 Å². The van der Waals surface area contributed by atoms with E-state index in [-0.39, 0.29) is 24.4 Å². The molecular weight excluding hydrogens is 291 g/mol. The largest absolute Gasteiger partial charge is 0.337 e. The van der Waals surface area contributed by atoms with Crippen molar-refractivity contribution >= 4 is 52.9 Å². The van der Waals surface area contributed by atoms with E-state index >= 15 is 0 Å². The summed E-state index contributed by atoms with van der Waals surface area (Å²) in [5.41, 5.74) is 6.22. The number of rotatable bonds is 1. The summed E-state index contributed by atoms with van der Waals surface area (Å²) in [6.45, 7) is 1.30. The number of carbonyl (C=O) groups is 1. The normalized spacial score (nSPS) is 19.7. The smallest absolute Gasteiger partial charge is 0.256 e. The summed E-state index contributed by atoms with van der Waals surface area (Å²) >= 11 is 12.9. The van der Waals surface area contributed by atoms with Gasteiger partial charge >= 0.3 is 0 Å². The number of hydrogen-bond donors (Lipinski definition) is 1. The average molecular weight is 302 g/mol. The van der Waals surface area contributed by atoms with Gasteiger partial charge in [-0.1, -0.05) is 23.2 Å². The second kappa shape index (κ2) is 5.56. The van der Waals surface area contributed by atoms with E-state index in [0.29, 0.717) is 27.3 Å². The van der Waals surface area contributed by atoms with Crippen LogP contribution in [0, 0.1) is 0 Å². The van der Waals surface area contributed by atoms with E-state index < -0.39 is 0 Å². The Bertz CT molecular complexity index is 396. The van der Waals surface area contributed by atoms with Gasteiger partial charge in [-0.15, -0.1) is 23.7 Å². The molecule has 0 radical (unpaired) electrons. The quantitative estimate of drug-likeness (QED) is 0.867. The molecule has 0 aromatic carbocycles. The lowest BCUT2D eigenvalue weighted by Gasteiger charge is -2.14. The Morgan fingerprint density at radius 1 is 1.56 bits per heavy atom. The molecule has 1 aromatic rings. The molecule has 0 aliphatic carbocycles. The van der Waals surface area contributed by atoms with Crippen LogP contribution in [-0.4, -0.2) is 29.9 Å². The first kappa shape index (κ1) is 14.1. The van der Waals surface area contributed by atoms with E-state index in [1.807, 2.05) is 0 Å². The van der Waals surface area contributed by atoms with Crippen LogP contribution in [0.1, 0.15) is 16.8 Å². The molecule has 3 nitrogen and oxygen atoms in total. The predicted molar refractivity (Wildman–Crippen MR) is 70.1 cm³/mol. The third-order valence-corrected chi connectivity index (χ3v) is 3.89. The van der Waals surface area contributed by atoms with Crippen molar-refractivity contribution in [3.8, 4) is 0 Å². The fourth-order valence-corrected chi connectivity index (χ4v) is 3.08. The number of carbonyl (C=O) groups excluding carboxylic acids is 1. The van der Waals surface area contributed by atoms with Crippen molar-refractivity contribution < 1.29 is 4.79 Å². The molecule has 1 atom stereocenters. The molecule has 7 heteroatoms. The molecule has 2 heterocycles. The maximum atomic E-state index is 12.0. The summed E-state index contributed by atoms with van der Waals surface area (Å²) in [5, 5.41) is 0. The fraction of sp³-hybridized carbons (Fsp3) is 0.444. The highest BCUT2D eigenvalue weighted by molar-refractivity contribution is 7.20. The van der Waals surface area contributed by atoms with Crippen LogP contribution >= 0.6 is 46.9 Å². The summed E-state index contributed by atoms with van der Waals surface area (Å²) in [4.78, 5) is 13.7. The van der Waals surface area contributed by atoms with Crippen LogP contribution in [0.15, 0.2) is 6.07 Å². The Labute approximate surface area is 114 Å². The summed E-state index contributed by atoms with van der Waals surface area (Å²) in [6.07, 6.45) is 0.848. The highest BCUT2D eigenvalue weighted by Gasteiger charge is 2.26. The van der Waals surface area contributed by atoms with Crippen LogP contribution in [0.25, 0.3) is 0 Å². The number of nitrogens with two attached hydrogens (primary N) is 1. The number of thiophene rings is 1. The minimum absolute atomic E-state index is 0. The van der Waals surface area contributed by atoms with Crippen molar-refractivity contribution in [3.05, 3.63) is 20.3 Å². The van der Waals surface area contributed by atoms with Gasteiger partial charge in [0.1, 0.15) is 4.34 Å². The van der Waals surface area contributed by atoms with Crippen molar-refractivity contribution in [2.75, 3.05) is 13.1 Å². The Kier molecular flexibility index (Phi) is 4.88. The Balaban J connectivity index is 0.00000128. The maximum Gasteiger partial charge on any atom is 0.256 e. The van der Waals surface area contributed by atoms with Crippen LogP contribution in [0.2, 0.25) is 8.67 Å². The molecular formula is C9H11Cl3N2OS. The van der Waals surface area contributed by atoms with Gasteiger partial charge < -0.3 is 10.6 Å². The molecule has 90 valence electrons. The molecule has 0 spiro atoms. The second-order valence-electron chi connectivity index (χ2n) is 3.54. The van der Waals surface area contributed by atoms with Crippen LogP contribution < -0.4 is 5.73 Å². The van der Waals surface area contributed by atoms with Gasteiger partial charge in [0.25, 0.3) is 5.91 Å². The molecule has 1 fully saturated rings. The Morgan fingerprint density at radius 3 is 2.69 bits per heavy atom. The summed E-state index contributed by atoms with van der Waals surface area (Å²) in [7, 11) is 0. The number of hydrogen-bond acceptors (Lipinski definition) is 3. The lowest BCUT2D eigenvalue weighted by Crippen LogP contribution is -2.31. The number of likely N-dealkylation sites (tertiary alicyclic amines) is 1. The lowest BCUT2D eigenvalue weighted by atomic mass is 10.3. The van der Waals surface area contributed by atoms with Gasteiger partial charge in [0, 0.05) is 19.1 Å². The van der Waals surface area contributed by atoms with Gasteiger partial charge in [0.15, 0.2) is 0 Å². The van der Waals surface area contributed by atoms with Crippen molar-refractivity contribution in [2.45, 2.75) is 12.5 Å². The van der Waals surface area contributed by atoms with E-state index in [4.69, 9.17) is 28.9 Å². The predicted octanol–water partition coefficient (Wildman–Crippen LogP) is 2.65. The molecule has 1 aliphatic rings. The van der Waals surface area contributed by atoms with Gasteiger partial charge in [-0.05, 0) is 12.5 Å². The third-order valence-electron chi connectivity index (χ3n) is 2.40. The van der Waals surface area contributed by atoms with E-state index in [1.165, 1.54) is 11.3 Å². The number of nitrogens with zero attached hydrogens (tertiary/aromatic N) is 1. The Hall–Kier alpha value is -0.0000000000000000555. The zero-order valence-corrected chi connectivity index (χ0v) is 11.4. The van der Waals surface area contributed by atoms with E-state index in [2.05, 4.69) is 0 Å². The molecule has 1 saturated heterocycles.